The van der Waals surface area contributed by atoms with Crippen molar-refractivity contribution in [3.05, 3.63) is 63.7 Å². The van der Waals surface area contributed by atoms with Crippen LogP contribution in [-0.4, -0.2) is 68.3 Å². The Morgan fingerprint density at radius 2 is 1.95 bits per heavy atom. The number of anilines is 1. The molecule has 0 bridgehead atoms. The van der Waals surface area contributed by atoms with Crippen molar-refractivity contribution in [2.45, 2.75) is 43.8 Å². The molecule has 2 N–H and O–H groups in total. The van der Waals surface area contributed by atoms with E-state index in [1.165, 1.54) is 0 Å². The lowest BCUT2D eigenvalue weighted by molar-refractivity contribution is 0.192. The Balaban J connectivity index is 0.00000337. The number of pyridine rings is 1. The van der Waals surface area contributed by atoms with E-state index >= 15 is 0 Å². The predicted molar refractivity (Wildman–Crippen MR) is 164 cm³/mol. The van der Waals surface area contributed by atoms with Gasteiger partial charge in [-0.25, -0.2) is 0 Å². The van der Waals surface area contributed by atoms with Gasteiger partial charge in [0, 0.05) is 59.8 Å². The normalized spacial score (nSPS) is 22.4. The molecule has 0 saturated carbocycles. The summed E-state index contributed by atoms with van der Waals surface area (Å²) in [4.78, 5) is 9.65. The lowest BCUT2D eigenvalue weighted by Gasteiger charge is -2.38. The van der Waals surface area contributed by atoms with Gasteiger partial charge in [-0.15, -0.1) is 12.4 Å². The van der Waals surface area contributed by atoms with Crippen LogP contribution in [0.1, 0.15) is 47.6 Å². The number of nitriles is 2. The number of likely N-dealkylation sites (tertiary alicyclic amines) is 1. The maximum Gasteiger partial charge on any atom is 0.234 e. The molecule has 3 atom stereocenters. The molecule has 0 amide bonds. The molecule has 3 aliphatic rings. The zero-order valence-corrected chi connectivity index (χ0v) is 24.8. The Morgan fingerprint density at radius 3 is 2.71 bits per heavy atom. The first-order valence-electron chi connectivity index (χ1n) is 14.1. The Morgan fingerprint density at radius 1 is 1.12 bits per heavy atom. The van der Waals surface area contributed by atoms with Crippen LogP contribution in [0, 0.1) is 22.7 Å². The largest absolute Gasteiger partial charge is 0.475 e. The molecule has 1 aromatic heterocycles. The van der Waals surface area contributed by atoms with Gasteiger partial charge in [-0.05, 0) is 49.9 Å². The number of rotatable bonds is 6. The summed E-state index contributed by atoms with van der Waals surface area (Å²) in [6.07, 6.45) is 3.40. The first kappa shape index (κ1) is 29.4. The molecule has 8 nitrogen and oxygen atoms in total. The smallest absolute Gasteiger partial charge is 0.234 e. The Hall–Kier alpha value is -3.11. The second kappa shape index (κ2) is 12.8. The van der Waals surface area contributed by atoms with Gasteiger partial charge in [-0.2, -0.15) is 15.5 Å². The number of benzene rings is 2. The van der Waals surface area contributed by atoms with E-state index in [0.29, 0.717) is 42.1 Å². The molecule has 4 heterocycles. The number of ether oxygens (including phenoxy) is 1. The lowest BCUT2D eigenvalue weighted by Crippen LogP contribution is -2.51. The van der Waals surface area contributed by atoms with Crippen molar-refractivity contribution in [3.8, 4) is 18.0 Å². The van der Waals surface area contributed by atoms with E-state index in [1.807, 2.05) is 18.2 Å². The number of piperazine rings is 1. The molecule has 10 heteroatoms. The molecular weight excluding hydrogens is 557 g/mol. The third-order valence-corrected chi connectivity index (χ3v) is 8.90. The quantitative estimate of drug-likeness (QED) is 0.429. The highest BCUT2D eigenvalue weighted by Gasteiger charge is 2.34. The van der Waals surface area contributed by atoms with Crippen molar-refractivity contribution < 1.29 is 4.74 Å². The van der Waals surface area contributed by atoms with Crippen LogP contribution in [0.15, 0.2) is 36.4 Å². The van der Waals surface area contributed by atoms with Crippen molar-refractivity contribution in [2.75, 3.05) is 51.3 Å². The molecule has 214 valence electrons. The third-order valence-electron chi connectivity index (χ3n) is 8.58. The lowest BCUT2D eigenvalue weighted by atomic mass is 9.85. The van der Waals surface area contributed by atoms with Gasteiger partial charge in [0.2, 0.25) is 5.88 Å². The first-order valence-corrected chi connectivity index (χ1v) is 14.5. The summed E-state index contributed by atoms with van der Waals surface area (Å²) in [6, 6.07) is 17.1. The summed E-state index contributed by atoms with van der Waals surface area (Å²) < 4.78 is 6.43. The second-order valence-electron chi connectivity index (χ2n) is 11.0. The van der Waals surface area contributed by atoms with Crippen LogP contribution in [0.5, 0.6) is 5.88 Å². The molecule has 2 fully saturated rings. The number of nitrogens with zero attached hydrogens (tertiary/aromatic N) is 5. The van der Waals surface area contributed by atoms with E-state index in [9.17, 15) is 10.5 Å². The molecular formula is C31H35Cl2N7O. The molecule has 0 aliphatic carbocycles. The van der Waals surface area contributed by atoms with E-state index in [1.54, 1.807) is 0 Å². The van der Waals surface area contributed by atoms with Crippen molar-refractivity contribution in [2.24, 2.45) is 0 Å². The molecule has 3 aliphatic heterocycles. The maximum atomic E-state index is 10.6. The third kappa shape index (κ3) is 5.68. The highest BCUT2D eigenvalue weighted by molar-refractivity contribution is 6.35. The van der Waals surface area contributed by atoms with Gasteiger partial charge in [0.05, 0.1) is 18.5 Å². The summed E-state index contributed by atoms with van der Waals surface area (Å²) in [5.41, 5.74) is 3.54. The summed E-state index contributed by atoms with van der Waals surface area (Å²) in [5.74, 6) is 1.26. The summed E-state index contributed by atoms with van der Waals surface area (Å²) in [5, 5.41) is 29.8. The summed E-state index contributed by atoms with van der Waals surface area (Å²) >= 11 is 6.77. The maximum absolute atomic E-state index is 10.6. The minimum absolute atomic E-state index is 0. The van der Waals surface area contributed by atoms with Crippen molar-refractivity contribution in [3.63, 3.8) is 0 Å². The minimum atomic E-state index is -0.238. The number of hydrogen-bond donors (Lipinski definition) is 2. The van der Waals surface area contributed by atoms with E-state index < -0.39 is 0 Å². The van der Waals surface area contributed by atoms with Crippen molar-refractivity contribution in [1.29, 1.82) is 10.5 Å². The van der Waals surface area contributed by atoms with E-state index in [2.05, 4.69) is 57.8 Å². The van der Waals surface area contributed by atoms with Crippen molar-refractivity contribution >= 4 is 40.6 Å². The monoisotopic (exact) mass is 591 g/mol. The van der Waals surface area contributed by atoms with Crippen LogP contribution in [-0.2, 0) is 6.42 Å². The van der Waals surface area contributed by atoms with Gasteiger partial charge in [0.25, 0.3) is 0 Å². The number of fused-ring (bicyclic) bond motifs is 2. The SMILES string of the molecule is CN1CCC[C@H]1COc1nc(N2CCN[C@@H](CC#N)C2)c2c(c1C#N)C(c1cccc3cccc(Cl)c13)NCC2.Cl. The van der Waals surface area contributed by atoms with E-state index in [-0.39, 0.29) is 24.5 Å². The fraction of sp³-hybridized carbons (Fsp3) is 0.452. The zero-order chi connectivity index (χ0) is 27.6. The van der Waals surface area contributed by atoms with Gasteiger partial charge in [-0.1, -0.05) is 41.9 Å². The van der Waals surface area contributed by atoms with Crippen LogP contribution in [0.3, 0.4) is 0 Å². The van der Waals surface area contributed by atoms with Crippen LogP contribution in [0.2, 0.25) is 5.02 Å². The zero-order valence-electron chi connectivity index (χ0n) is 23.2. The molecule has 2 saturated heterocycles. The van der Waals surface area contributed by atoms with Gasteiger partial charge in [0.15, 0.2) is 0 Å². The summed E-state index contributed by atoms with van der Waals surface area (Å²) in [6.45, 7) is 4.52. The molecule has 1 unspecified atom stereocenters. The highest BCUT2D eigenvalue weighted by atomic mass is 35.5. The Labute approximate surface area is 252 Å². The summed E-state index contributed by atoms with van der Waals surface area (Å²) in [7, 11) is 2.12. The van der Waals surface area contributed by atoms with Gasteiger partial charge in [0.1, 0.15) is 24.1 Å². The minimum Gasteiger partial charge on any atom is -0.475 e. The number of nitrogens with one attached hydrogen (secondary N) is 2. The van der Waals surface area contributed by atoms with Crippen LogP contribution in [0.4, 0.5) is 5.82 Å². The van der Waals surface area contributed by atoms with Gasteiger partial charge >= 0.3 is 0 Å². The molecule has 3 aromatic rings. The predicted octanol–water partition coefficient (Wildman–Crippen LogP) is 4.58. The average molecular weight is 593 g/mol. The number of likely N-dealkylation sites (N-methyl/N-ethyl adjacent to an activating group) is 1. The van der Waals surface area contributed by atoms with E-state index in [0.717, 1.165) is 78.7 Å². The molecule has 41 heavy (non-hydrogen) atoms. The molecule has 2 aromatic carbocycles. The Kier molecular flexibility index (Phi) is 9.19. The number of halogens is 2. The van der Waals surface area contributed by atoms with Gasteiger partial charge < -0.3 is 25.2 Å². The van der Waals surface area contributed by atoms with Gasteiger partial charge in [-0.3, -0.25) is 0 Å². The number of aromatic nitrogens is 1. The fourth-order valence-corrected chi connectivity index (χ4v) is 6.84. The molecule has 0 spiro atoms. The first-order chi connectivity index (χ1) is 19.6. The molecule has 0 radical (unpaired) electrons. The van der Waals surface area contributed by atoms with Crippen molar-refractivity contribution in [1.82, 2.24) is 20.5 Å². The average Bonchev–Trinajstić information content (AvgIpc) is 3.39. The number of hydrogen-bond acceptors (Lipinski definition) is 8. The standard InChI is InChI=1S/C31H34ClN7O.ClH/c1-38-15-4-7-22(38)19-40-31-25(17-34)28-24(30(37-31)39-16-14-35-21(18-39)10-12-33)11-13-36-29(28)23-8-2-5-20-6-3-9-26(32)27(20)23;/h2-3,5-6,8-9,21-22,29,35-36H,4,7,10-11,13-16,18-19H2,1H3;1H/t21-,22-,29?;/m0./s1. The fourth-order valence-electron chi connectivity index (χ4n) is 6.55. The highest BCUT2D eigenvalue weighted by Crippen LogP contribution is 2.42. The Bertz CT molecular complexity index is 1500. The second-order valence-corrected chi connectivity index (χ2v) is 11.4. The van der Waals surface area contributed by atoms with Crippen LogP contribution < -0.4 is 20.3 Å². The van der Waals surface area contributed by atoms with E-state index in [4.69, 9.17) is 21.3 Å². The van der Waals surface area contributed by atoms with Crippen LogP contribution in [0.25, 0.3) is 10.8 Å². The topological polar surface area (TPSA) is 100 Å². The van der Waals surface area contributed by atoms with Crippen LogP contribution >= 0.6 is 24.0 Å². The molecule has 6 rings (SSSR count).